The predicted molar refractivity (Wildman–Crippen MR) is 99.1 cm³/mol. The van der Waals surface area contributed by atoms with Crippen LogP contribution in [0.5, 0.6) is 0 Å². The van der Waals surface area contributed by atoms with Crippen LogP contribution >= 0.6 is 0 Å². The molecular formula is C19H31FN4. The molecule has 24 heavy (non-hydrogen) atoms. The average Bonchev–Trinajstić information content (AvgIpc) is 3.37. The Morgan fingerprint density at radius 1 is 1.29 bits per heavy atom. The molecule has 134 valence electrons. The van der Waals surface area contributed by atoms with Gasteiger partial charge in [0, 0.05) is 31.6 Å². The van der Waals surface area contributed by atoms with Gasteiger partial charge in [0.25, 0.3) is 0 Å². The van der Waals surface area contributed by atoms with Gasteiger partial charge in [0.05, 0.1) is 0 Å². The first kappa shape index (κ1) is 18.7. The SMILES string of the molecule is CCN(CC)C(C)CNC(=NC)NCC1(c2cccc(F)c2)CC1. The van der Waals surface area contributed by atoms with Crippen LogP contribution in [0.1, 0.15) is 39.2 Å². The second kappa shape index (κ2) is 8.47. The van der Waals surface area contributed by atoms with E-state index in [1.807, 2.05) is 6.07 Å². The highest BCUT2D eigenvalue weighted by molar-refractivity contribution is 5.79. The number of hydrogen-bond donors (Lipinski definition) is 2. The van der Waals surface area contributed by atoms with Crippen LogP contribution in [0.2, 0.25) is 0 Å². The van der Waals surface area contributed by atoms with E-state index in [0.717, 1.165) is 50.5 Å². The van der Waals surface area contributed by atoms with E-state index in [9.17, 15) is 4.39 Å². The Bertz CT molecular complexity index is 550. The fourth-order valence-electron chi connectivity index (χ4n) is 3.23. The van der Waals surface area contributed by atoms with Crippen molar-refractivity contribution < 1.29 is 4.39 Å². The molecule has 0 aliphatic heterocycles. The first-order valence-corrected chi connectivity index (χ1v) is 8.99. The summed E-state index contributed by atoms with van der Waals surface area (Å²) in [5.41, 5.74) is 1.14. The lowest BCUT2D eigenvalue weighted by atomic mass is 9.96. The minimum Gasteiger partial charge on any atom is -0.356 e. The van der Waals surface area contributed by atoms with Crippen LogP contribution in [0.3, 0.4) is 0 Å². The van der Waals surface area contributed by atoms with E-state index < -0.39 is 0 Å². The van der Waals surface area contributed by atoms with Gasteiger partial charge in [0.2, 0.25) is 0 Å². The van der Waals surface area contributed by atoms with E-state index in [0.29, 0.717) is 6.04 Å². The van der Waals surface area contributed by atoms with E-state index in [4.69, 9.17) is 0 Å². The second-order valence-electron chi connectivity index (χ2n) is 6.67. The molecule has 5 heteroatoms. The Morgan fingerprint density at radius 2 is 2.00 bits per heavy atom. The smallest absolute Gasteiger partial charge is 0.191 e. The third-order valence-electron chi connectivity index (χ3n) is 5.11. The Labute approximate surface area is 145 Å². The van der Waals surface area contributed by atoms with E-state index in [2.05, 4.69) is 41.3 Å². The van der Waals surface area contributed by atoms with Crippen LogP contribution < -0.4 is 10.6 Å². The molecule has 0 aromatic heterocycles. The number of hydrogen-bond acceptors (Lipinski definition) is 2. The van der Waals surface area contributed by atoms with Crippen LogP contribution in [-0.4, -0.2) is 50.1 Å². The van der Waals surface area contributed by atoms with Crippen molar-refractivity contribution in [1.82, 2.24) is 15.5 Å². The normalized spacial score (nSPS) is 17.7. The van der Waals surface area contributed by atoms with Crippen molar-refractivity contribution in [2.75, 3.05) is 33.2 Å². The summed E-state index contributed by atoms with van der Waals surface area (Å²) in [4.78, 5) is 6.73. The van der Waals surface area contributed by atoms with Gasteiger partial charge in [-0.25, -0.2) is 4.39 Å². The van der Waals surface area contributed by atoms with Gasteiger partial charge >= 0.3 is 0 Å². The molecule has 1 aliphatic carbocycles. The van der Waals surface area contributed by atoms with Crippen molar-refractivity contribution >= 4 is 5.96 Å². The quantitative estimate of drug-likeness (QED) is 0.567. The van der Waals surface area contributed by atoms with E-state index >= 15 is 0 Å². The molecule has 0 amide bonds. The molecule has 0 saturated heterocycles. The van der Waals surface area contributed by atoms with Gasteiger partial charge in [-0.15, -0.1) is 0 Å². The monoisotopic (exact) mass is 334 g/mol. The van der Waals surface area contributed by atoms with Crippen molar-refractivity contribution in [3.05, 3.63) is 35.6 Å². The molecule has 2 N–H and O–H groups in total. The van der Waals surface area contributed by atoms with Gasteiger partial charge < -0.3 is 10.6 Å². The van der Waals surface area contributed by atoms with Crippen molar-refractivity contribution in [3.63, 3.8) is 0 Å². The third-order valence-corrected chi connectivity index (χ3v) is 5.11. The summed E-state index contributed by atoms with van der Waals surface area (Å²) in [6.45, 7) is 10.3. The Morgan fingerprint density at radius 3 is 2.54 bits per heavy atom. The molecule has 1 aromatic rings. The summed E-state index contributed by atoms with van der Waals surface area (Å²) in [5.74, 6) is 0.658. The zero-order valence-electron chi connectivity index (χ0n) is 15.4. The molecule has 1 saturated carbocycles. The highest BCUT2D eigenvalue weighted by Gasteiger charge is 2.44. The van der Waals surface area contributed by atoms with Crippen molar-refractivity contribution in [2.24, 2.45) is 4.99 Å². The molecule has 0 radical (unpaired) electrons. The van der Waals surface area contributed by atoms with Gasteiger partial charge in [-0.2, -0.15) is 0 Å². The lowest BCUT2D eigenvalue weighted by Gasteiger charge is -2.27. The summed E-state index contributed by atoms with van der Waals surface area (Å²) in [6.07, 6.45) is 2.19. The van der Waals surface area contributed by atoms with E-state index in [1.165, 1.54) is 6.07 Å². The van der Waals surface area contributed by atoms with Crippen LogP contribution in [0.15, 0.2) is 29.3 Å². The summed E-state index contributed by atoms with van der Waals surface area (Å²) in [7, 11) is 1.79. The van der Waals surface area contributed by atoms with Crippen molar-refractivity contribution in [3.8, 4) is 0 Å². The molecular weight excluding hydrogens is 303 g/mol. The predicted octanol–water partition coefficient (Wildman–Crippen LogP) is 2.75. The first-order valence-electron chi connectivity index (χ1n) is 8.99. The minimum atomic E-state index is -0.158. The Hall–Kier alpha value is -1.62. The summed E-state index contributed by atoms with van der Waals surface area (Å²) >= 11 is 0. The molecule has 2 rings (SSSR count). The standard InChI is InChI=1S/C19H31FN4/c1-5-24(6-2)15(3)13-22-18(21-4)23-14-19(10-11-19)16-8-7-9-17(20)12-16/h7-9,12,15H,5-6,10-11,13-14H2,1-4H3,(H2,21,22,23). The number of nitrogens with zero attached hydrogens (tertiary/aromatic N) is 2. The van der Waals surface area contributed by atoms with Gasteiger partial charge in [0.1, 0.15) is 5.82 Å². The fourth-order valence-corrected chi connectivity index (χ4v) is 3.23. The molecule has 1 aliphatic rings. The number of rotatable bonds is 8. The van der Waals surface area contributed by atoms with E-state index in [1.54, 1.807) is 19.2 Å². The molecule has 0 spiro atoms. The van der Waals surface area contributed by atoms with E-state index in [-0.39, 0.29) is 11.2 Å². The number of nitrogens with one attached hydrogen (secondary N) is 2. The zero-order valence-corrected chi connectivity index (χ0v) is 15.4. The van der Waals surface area contributed by atoms with Crippen molar-refractivity contribution in [1.29, 1.82) is 0 Å². The second-order valence-corrected chi connectivity index (χ2v) is 6.67. The average molecular weight is 334 g/mol. The van der Waals surface area contributed by atoms with Gasteiger partial charge in [-0.1, -0.05) is 26.0 Å². The number of aliphatic imine (C=N–C) groups is 1. The molecule has 1 aromatic carbocycles. The van der Waals surface area contributed by atoms with Crippen LogP contribution in [-0.2, 0) is 5.41 Å². The Balaban J connectivity index is 1.86. The van der Waals surface area contributed by atoms with Crippen LogP contribution in [0.25, 0.3) is 0 Å². The number of benzene rings is 1. The lowest BCUT2D eigenvalue weighted by molar-refractivity contribution is 0.231. The molecule has 1 fully saturated rings. The molecule has 0 bridgehead atoms. The maximum absolute atomic E-state index is 13.5. The molecule has 1 unspecified atom stereocenters. The molecule has 4 nitrogen and oxygen atoms in total. The summed E-state index contributed by atoms with van der Waals surface area (Å²) in [6, 6.07) is 7.44. The minimum absolute atomic E-state index is 0.0597. The largest absolute Gasteiger partial charge is 0.356 e. The highest BCUT2D eigenvalue weighted by Crippen LogP contribution is 2.47. The third kappa shape index (κ3) is 4.69. The summed E-state index contributed by atoms with van der Waals surface area (Å²) in [5, 5.41) is 6.82. The molecule has 0 heterocycles. The van der Waals surface area contributed by atoms with Gasteiger partial charge in [0.15, 0.2) is 5.96 Å². The van der Waals surface area contributed by atoms with Gasteiger partial charge in [-0.05, 0) is 50.6 Å². The Kier molecular flexibility index (Phi) is 6.60. The lowest BCUT2D eigenvalue weighted by Crippen LogP contribution is -2.47. The first-order chi connectivity index (χ1) is 11.5. The maximum Gasteiger partial charge on any atom is 0.191 e. The summed E-state index contributed by atoms with van der Waals surface area (Å²) < 4.78 is 13.5. The number of likely N-dealkylation sites (N-methyl/N-ethyl adjacent to an activating group) is 1. The zero-order chi connectivity index (χ0) is 17.6. The highest BCUT2D eigenvalue weighted by atomic mass is 19.1. The number of halogens is 1. The number of guanidine groups is 1. The van der Waals surface area contributed by atoms with Crippen LogP contribution in [0.4, 0.5) is 4.39 Å². The maximum atomic E-state index is 13.5. The van der Waals surface area contributed by atoms with Gasteiger partial charge in [-0.3, -0.25) is 9.89 Å². The van der Waals surface area contributed by atoms with Crippen molar-refractivity contribution in [2.45, 2.75) is 45.1 Å². The fraction of sp³-hybridized carbons (Fsp3) is 0.632. The topological polar surface area (TPSA) is 39.7 Å². The van der Waals surface area contributed by atoms with Crippen LogP contribution in [0, 0.1) is 5.82 Å². The molecule has 1 atom stereocenters.